The van der Waals surface area contributed by atoms with Crippen molar-refractivity contribution < 1.29 is 4.79 Å². The third-order valence-electron chi connectivity index (χ3n) is 5.42. The second-order valence-corrected chi connectivity index (χ2v) is 7.24. The first-order valence-corrected chi connectivity index (χ1v) is 9.79. The van der Waals surface area contributed by atoms with Crippen molar-refractivity contribution in [2.75, 3.05) is 26.2 Å². The fraction of sp³-hybridized carbons (Fsp3) is 0.600. The normalized spacial score (nSPS) is 20.8. The van der Waals surface area contributed by atoms with E-state index in [1.54, 1.807) is 0 Å². The predicted molar refractivity (Wildman–Crippen MR) is 120 cm³/mol. The van der Waals surface area contributed by atoms with Crippen LogP contribution in [-0.2, 0) is 17.9 Å². The minimum absolute atomic E-state index is 0. The molecule has 2 saturated heterocycles. The fourth-order valence-electron chi connectivity index (χ4n) is 3.84. The van der Waals surface area contributed by atoms with Crippen LogP contribution in [0.1, 0.15) is 43.7 Å². The summed E-state index contributed by atoms with van der Waals surface area (Å²) in [5.41, 5.74) is 8.31. The largest absolute Gasteiger partial charge is 0.370 e. The lowest BCUT2D eigenvalue weighted by Crippen LogP contribution is -2.42. The summed E-state index contributed by atoms with van der Waals surface area (Å²) < 4.78 is 0. The van der Waals surface area contributed by atoms with Crippen LogP contribution in [-0.4, -0.2) is 53.9 Å². The zero-order valence-electron chi connectivity index (χ0n) is 16.2. The Balaban J connectivity index is 0.00000261. The molecule has 1 atom stereocenters. The van der Waals surface area contributed by atoms with Crippen LogP contribution in [0.2, 0.25) is 0 Å². The molecule has 2 aliphatic rings. The summed E-state index contributed by atoms with van der Waals surface area (Å²) in [5, 5.41) is 3.27. The maximum Gasteiger partial charge on any atom is 0.222 e. The van der Waals surface area contributed by atoms with Crippen LogP contribution < -0.4 is 11.1 Å². The average molecular weight is 485 g/mol. The van der Waals surface area contributed by atoms with Gasteiger partial charge in [0.05, 0.1) is 6.54 Å². The Morgan fingerprint density at radius 3 is 2.63 bits per heavy atom. The number of benzene rings is 1. The molecule has 0 radical (unpaired) electrons. The van der Waals surface area contributed by atoms with Crippen molar-refractivity contribution in [2.45, 2.75) is 51.7 Å². The Bertz CT molecular complexity index is 634. The van der Waals surface area contributed by atoms with Crippen molar-refractivity contribution in [3.63, 3.8) is 0 Å². The molecule has 27 heavy (non-hydrogen) atoms. The van der Waals surface area contributed by atoms with E-state index in [2.05, 4.69) is 46.4 Å². The van der Waals surface area contributed by atoms with Gasteiger partial charge in [0.2, 0.25) is 5.91 Å². The van der Waals surface area contributed by atoms with Gasteiger partial charge in [0.25, 0.3) is 0 Å². The highest BCUT2D eigenvalue weighted by Gasteiger charge is 2.22. The fourth-order valence-corrected chi connectivity index (χ4v) is 3.84. The molecule has 0 spiro atoms. The first kappa shape index (κ1) is 21.9. The number of likely N-dealkylation sites (tertiary alicyclic amines) is 2. The Hall–Kier alpha value is -1.35. The summed E-state index contributed by atoms with van der Waals surface area (Å²) in [6.07, 6.45) is 4.17. The number of hydrogen-bond donors (Lipinski definition) is 2. The molecule has 0 saturated carbocycles. The molecule has 3 rings (SSSR count). The lowest BCUT2D eigenvalue weighted by atomic mass is 10.1. The number of guanidine groups is 1. The number of nitrogens with two attached hydrogens (primary N) is 1. The predicted octanol–water partition coefficient (Wildman–Crippen LogP) is 2.32. The van der Waals surface area contributed by atoms with E-state index in [-0.39, 0.29) is 29.9 Å². The summed E-state index contributed by atoms with van der Waals surface area (Å²) in [4.78, 5) is 20.6. The van der Waals surface area contributed by atoms with E-state index >= 15 is 0 Å². The van der Waals surface area contributed by atoms with E-state index in [4.69, 9.17) is 5.73 Å². The van der Waals surface area contributed by atoms with Crippen molar-refractivity contribution in [1.82, 2.24) is 15.1 Å². The highest BCUT2D eigenvalue weighted by atomic mass is 127. The smallest absolute Gasteiger partial charge is 0.222 e. The van der Waals surface area contributed by atoms with Gasteiger partial charge < -0.3 is 16.0 Å². The first-order chi connectivity index (χ1) is 12.7. The standard InChI is InChI=1S/C20H31N5O.HI/c1-2-24-11-3-5-18(24)14-23-20(21)22-13-16-7-9-17(10-8-16)15-25-12-4-6-19(25)26;/h7-10,18H,2-6,11-15H2,1H3,(H3,21,22,23);1H. The van der Waals surface area contributed by atoms with Gasteiger partial charge in [-0.1, -0.05) is 31.2 Å². The molecule has 150 valence electrons. The van der Waals surface area contributed by atoms with Crippen LogP contribution >= 0.6 is 24.0 Å². The Morgan fingerprint density at radius 2 is 1.96 bits per heavy atom. The lowest BCUT2D eigenvalue weighted by Gasteiger charge is -2.23. The zero-order chi connectivity index (χ0) is 18.4. The van der Waals surface area contributed by atoms with Crippen molar-refractivity contribution >= 4 is 35.8 Å². The second-order valence-electron chi connectivity index (χ2n) is 7.24. The number of aliphatic imine (C=N–C) groups is 1. The summed E-state index contributed by atoms with van der Waals surface area (Å²) >= 11 is 0. The van der Waals surface area contributed by atoms with Crippen LogP contribution in [0.15, 0.2) is 29.3 Å². The molecule has 1 aromatic rings. The third-order valence-corrected chi connectivity index (χ3v) is 5.42. The maximum atomic E-state index is 11.7. The van der Waals surface area contributed by atoms with Crippen molar-refractivity contribution in [3.05, 3.63) is 35.4 Å². The molecule has 7 heteroatoms. The second kappa shape index (κ2) is 10.8. The van der Waals surface area contributed by atoms with Gasteiger partial charge in [-0.3, -0.25) is 9.69 Å². The number of rotatable bonds is 7. The first-order valence-electron chi connectivity index (χ1n) is 9.79. The summed E-state index contributed by atoms with van der Waals surface area (Å²) in [5.74, 6) is 0.779. The van der Waals surface area contributed by atoms with Gasteiger partial charge in [0.1, 0.15) is 0 Å². The number of carbonyl (C=O) groups is 1. The van der Waals surface area contributed by atoms with E-state index in [0.29, 0.717) is 31.5 Å². The highest BCUT2D eigenvalue weighted by molar-refractivity contribution is 14.0. The monoisotopic (exact) mass is 485 g/mol. The number of nitrogens with zero attached hydrogens (tertiary/aromatic N) is 3. The molecule has 1 aromatic carbocycles. The van der Waals surface area contributed by atoms with Crippen LogP contribution in [0.4, 0.5) is 0 Å². The molecule has 2 fully saturated rings. The van der Waals surface area contributed by atoms with Crippen LogP contribution in [0, 0.1) is 0 Å². The van der Waals surface area contributed by atoms with E-state index in [0.717, 1.165) is 31.6 Å². The van der Waals surface area contributed by atoms with Gasteiger partial charge >= 0.3 is 0 Å². The summed E-state index contributed by atoms with van der Waals surface area (Å²) in [6.45, 7) is 7.52. The third kappa shape index (κ3) is 6.34. The molecule has 1 amide bonds. The van der Waals surface area contributed by atoms with Gasteiger partial charge in [-0.2, -0.15) is 0 Å². The number of likely N-dealkylation sites (N-methyl/N-ethyl adjacent to an activating group) is 1. The number of hydrogen-bond acceptors (Lipinski definition) is 3. The lowest BCUT2D eigenvalue weighted by molar-refractivity contribution is -0.128. The molecule has 2 heterocycles. The van der Waals surface area contributed by atoms with Crippen molar-refractivity contribution in [1.29, 1.82) is 0 Å². The van der Waals surface area contributed by atoms with Crippen molar-refractivity contribution in [2.24, 2.45) is 10.7 Å². The summed E-state index contributed by atoms with van der Waals surface area (Å²) in [7, 11) is 0. The van der Waals surface area contributed by atoms with Gasteiger partial charge in [0, 0.05) is 32.1 Å². The Labute approximate surface area is 179 Å². The number of amides is 1. The van der Waals surface area contributed by atoms with Gasteiger partial charge in [-0.15, -0.1) is 24.0 Å². The number of nitrogens with one attached hydrogen (secondary N) is 1. The van der Waals surface area contributed by atoms with E-state index in [1.807, 2.05) is 4.90 Å². The van der Waals surface area contributed by atoms with Crippen LogP contribution in [0.25, 0.3) is 0 Å². The van der Waals surface area contributed by atoms with E-state index in [1.165, 1.54) is 24.9 Å². The Kier molecular flexibility index (Phi) is 8.82. The van der Waals surface area contributed by atoms with Gasteiger partial charge in [-0.25, -0.2) is 4.99 Å². The SMILES string of the molecule is CCN1CCCC1CNC(N)=NCc1ccc(CN2CCCC2=O)cc1.I. The minimum Gasteiger partial charge on any atom is -0.370 e. The van der Waals surface area contributed by atoms with Gasteiger partial charge in [-0.05, 0) is 43.5 Å². The average Bonchev–Trinajstić information content (AvgIpc) is 3.28. The molecule has 0 bridgehead atoms. The molecule has 0 aliphatic carbocycles. The van der Waals surface area contributed by atoms with Crippen molar-refractivity contribution in [3.8, 4) is 0 Å². The van der Waals surface area contributed by atoms with E-state index in [9.17, 15) is 4.79 Å². The van der Waals surface area contributed by atoms with Crippen LogP contribution in [0.3, 0.4) is 0 Å². The molecule has 3 N–H and O–H groups in total. The number of halogens is 1. The molecule has 2 aliphatic heterocycles. The highest BCUT2D eigenvalue weighted by Crippen LogP contribution is 2.16. The topological polar surface area (TPSA) is 74.0 Å². The minimum atomic E-state index is 0. The van der Waals surface area contributed by atoms with E-state index < -0.39 is 0 Å². The Morgan fingerprint density at radius 1 is 1.22 bits per heavy atom. The molecule has 1 unspecified atom stereocenters. The molecular formula is C20H32IN5O. The maximum absolute atomic E-state index is 11.7. The quantitative estimate of drug-likeness (QED) is 0.353. The van der Waals surface area contributed by atoms with Crippen LogP contribution in [0.5, 0.6) is 0 Å². The summed E-state index contributed by atoms with van der Waals surface area (Å²) in [6, 6.07) is 8.88. The molecular weight excluding hydrogens is 453 g/mol. The molecule has 6 nitrogen and oxygen atoms in total. The van der Waals surface area contributed by atoms with Gasteiger partial charge in [0.15, 0.2) is 5.96 Å². The number of carbonyl (C=O) groups excluding carboxylic acids is 1. The molecule has 0 aromatic heterocycles. The zero-order valence-corrected chi connectivity index (χ0v) is 18.5.